The molecule has 2 heterocycles. The summed E-state index contributed by atoms with van der Waals surface area (Å²) in [6.07, 6.45) is -2.81. The first-order valence-corrected chi connectivity index (χ1v) is 11.5. The summed E-state index contributed by atoms with van der Waals surface area (Å²) in [5, 5.41) is 3.75. The molecule has 8 heteroatoms. The number of rotatable bonds is 5. The summed E-state index contributed by atoms with van der Waals surface area (Å²) < 4.78 is 38.7. The van der Waals surface area contributed by atoms with E-state index in [9.17, 15) is 18.0 Å². The molecule has 1 saturated heterocycles. The number of amides is 1. The Morgan fingerprint density at radius 3 is 2.53 bits per heavy atom. The van der Waals surface area contributed by atoms with E-state index in [1.165, 1.54) is 23.5 Å². The third-order valence-electron chi connectivity index (χ3n) is 5.52. The highest BCUT2D eigenvalue weighted by Crippen LogP contribution is 2.31. The van der Waals surface area contributed by atoms with Crippen molar-refractivity contribution in [3.05, 3.63) is 81.7 Å². The number of carbonyl (C=O) groups is 1. The van der Waals surface area contributed by atoms with Crippen molar-refractivity contribution in [3.63, 3.8) is 0 Å². The molecule has 3 nitrogen and oxygen atoms in total. The van der Waals surface area contributed by atoms with E-state index in [0.717, 1.165) is 42.4 Å². The standard InChI is InChI=1S/C24H22ClF3N2OS/c25-19-6-2-4-17(14-19)21-7-8-22(32-21)23(31)29-20-9-11-30(12-10-20)15-16-3-1-5-18(13-16)24(26,27)28/h1-8,13-14,20H,9-12,15H2,(H,29,31). The number of likely N-dealkylation sites (tertiary alicyclic amines) is 1. The van der Waals surface area contributed by atoms with Crippen molar-refractivity contribution >= 4 is 28.8 Å². The fourth-order valence-corrected chi connectivity index (χ4v) is 4.95. The minimum atomic E-state index is -4.33. The average molecular weight is 479 g/mol. The van der Waals surface area contributed by atoms with E-state index in [4.69, 9.17) is 11.6 Å². The van der Waals surface area contributed by atoms with Gasteiger partial charge in [0.05, 0.1) is 10.4 Å². The number of piperidine rings is 1. The molecule has 1 aliphatic rings. The van der Waals surface area contributed by atoms with Gasteiger partial charge in [-0.1, -0.05) is 41.9 Å². The predicted molar refractivity (Wildman–Crippen MR) is 122 cm³/mol. The van der Waals surface area contributed by atoms with Crippen LogP contribution in [0.2, 0.25) is 5.02 Å². The van der Waals surface area contributed by atoms with Crippen LogP contribution < -0.4 is 5.32 Å². The first-order chi connectivity index (χ1) is 15.3. The predicted octanol–water partition coefficient (Wildman–Crippen LogP) is 6.48. The zero-order chi connectivity index (χ0) is 22.7. The van der Waals surface area contributed by atoms with Crippen molar-refractivity contribution in [1.29, 1.82) is 0 Å². The maximum absolute atomic E-state index is 12.9. The zero-order valence-corrected chi connectivity index (χ0v) is 18.7. The third kappa shape index (κ3) is 5.71. The second-order valence-corrected chi connectivity index (χ2v) is 9.42. The molecule has 0 saturated carbocycles. The van der Waals surface area contributed by atoms with Crippen LogP contribution in [-0.2, 0) is 12.7 Å². The van der Waals surface area contributed by atoms with Gasteiger partial charge in [-0.3, -0.25) is 9.69 Å². The molecule has 0 radical (unpaired) electrons. The molecule has 1 amide bonds. The molecule has 4 rings (SSSR count). The van der Waals surface area contributed by atoms with Crippen molar-refractivity contribution in [2.24, 2.45) is 0 Å². The number of hydrogen-bond acceptors (Lipinski definition) is 3. The number of nitrogens with zero attached hydrogens (tertiary/aromatic N) is 1. The van der Waals surface area contributed by atoms with E-state index in [-0.39, 0.29) is 11.9 Å². The van der Waals surface area contributed by atoms with Gasteiger partial charge in [-0.2, -0.15) is 13.2 Å². The van der Waals surface area contributed by atoms with E-state index in [1.807, 2.05) is 36.4 Å². The number of nitrogens with one attached hydrogen (secondary N) is 1. The molecule has 0 unspecified atom stereocenters. The monoisotopic (exact) mass is 478 g/mol. The molecule has 168 valence electrons. The van der Waals surface area contributed by atoms with Crippen molar-refractivity contribution in [2.75, 3.05) is 13.1 Å². The molecule has 3 aromatic rings. The van der Waals surface area contributed by atoms with E-state index in [1.54, 1.807) is 6.07 Å². The Kier molecular flexibility index (Phi) is 6.88. The highest BCUT2D eigenvalue weighted by atomic mass is 35.5. The van der Waals surface area contributed by atoms with Crippen LogP contribution in [0.4, 0.5) is 13.2 Å². The van der Waals surface area contributed by atoms with Crippen molar-refractivity contribution in [1.82, 2.24) is 10.2 Å². The SMILES string of the molecule is O=C(NC1CCN(Cc2cccc(C(F)(F)F)c2)CC1)c1ccc(-c2cccc(Cl)c2)s1. The number of benzene rings is 2. The molecule has 32 heavy (non-hydrogen) atoms. The number of carbonyl (C=O) groups excluding carboxylic acids is 1. The molecule has 0 spiro atoms. The van der Waals surface area contributed by atoms with Gasteiger partial charge in [0.2, 0.25) is 0 Å². The smallest absolute Gasteiger partial charge is 0.349 e. The fraction of sp³-hybridized carbons (Fsp3) is 0.292. The Hall–Kier alpha value is -2.35. The summed E-state index contributed by atoms with van der Waals surface area (Å²) in [4.78, 5) is 16.4. The Bertz CT molecular complexity index is 1090. The maximum Gasteiger partial charge on any atom is 0.416 e. The molecular formula is C24H22ClF3N2OS. The second-order valence-electron chi connectivity index (χ2n) is 7.90. The Morgan fingerprint density at radius 2 is 1.81 bits per heavy atom. The Balaban J connectivity index is 1.29. The molecule has 1 aromatic heterocycles. The summed E-state index contributed by atoms with van der Waals surface area (Å²) in [7, 11) is 0. The van der Waals surface area contributed by atoms with Gasteiger partial charge in [-0.05, 0) is 54.3 Å². The summed E-state index contributed by atoms with van der Waals surface area (Å²) >= 11 is 7.48. The highest BCUT2D eigenvalue weighted by molar-refractivity contribution is 7.17. The number of alkyl halides is 3. The highest BCUT2D eigenvalue weighted by Gasteiger charge is 2.30. The lowest BCUT2D eigenvalue weighted by molar-refractivity contribution is -0.137. The third-order valence-corrected chi connectivity index (χ3v) is 6.89. The minimum Gasteiger partial charge on any atom is -0.349 e. The number of halogens is 4. The maximum atomic E-state index is 12.9. The van der Waals surface area contributed by atoms with Gasteiger partial charge in [-0.15, -0.1) is 11.3 Å². The first-order valence-electron chi connectivity index (χ1n) is 10.3. The summed E-state index contributed by atoms with van der Waals surface area (Å²) in [5.74, 6) is -0.0976. The molecule has 0 bridgehead atoms. The lowest BCUT2D eigenvalue weighted by Gasteiger charge is -2.32. The summed E-state index contributed by atoms with van der Waals surface area (Å²) in [6, 6.07) is 16.8. The van der Waals surface area contributed by atoms with Crippen molar-refractivity contribution in [2.45, 2.75) is 31.6 Å². The van der Waals surface area contributed by atoms with Crippen LogP contribution in [0.1, 0.15) is 33.6 Å². The quantitative estimate of drug-likeness (QED) is 0.455. The fourth-order valence-electron chi connectivity index (χ4n) is 3.85. The van der Waals surface area contributed by atoms with Crippen LogP contribution in [0.3, 0.4) is 0 Å². The van der Waals surface area contributed by atoms with Crippen LogP contribution in [0.25, 0.3) is 10.4 Å². The van der Waals surface area contributed by atoms with E-state index < -0.39 is 11.7 Å². The molecule has 2 aromatic carbocycles. The molecule has 1 fully saturated rings. The van der Waals surface area contributed by atoms with E-state index in [0.29, 0.717) is 22.0 Å². The zero-order valence-electron chi connectivity index (χ0n) is 17.2. The van der Waals surface area contributed by atoms with Crippen LogP contribution in [0.5, 0.6) is 0 Å². The van der Waals surface area contributed by atoms with Gasteiger partial charge < -0.3 is 5.32 Å². The molecular weight excluding hydrogens is 457 g/mol. The second kappa shape index (κ2) is 9.65. The summed E-state index contributed by atoms with van der Waals surface area (Å²) in [5.41, 5.74) is 1.00. The van der Waals surface area contributed by atoms with Gasteiger partial charge in [0.25, 0.3) is 5.91 Å². The summed E-state index contributed by atoms with van der Waals surface area (Å²) in [6.45, 7) is 1.91. The van der Waals surface area contributed by atoms with Crippen LogP contribution in [0.15, 0.2) is 60.7 Å². The number of thiophene rings is 1. The average Bonchev–Trinajstić information content (AvgIpc) is 3.25. The van der Waals surface area contributed by atoms with Gasteiger partial charge in [0.15, 0.2) is 0 Å². The molecule has 0 aliphatic carbocycles. The Morgan fingerprint density at radius 1 is 1.06 bits per heavy atom. The number of hydrogen-bond donors (Lipinski definition) is 1. The van der Waals surface area contributed by atoms with Gasteiger partial charge >= 0.3 is 6.18 Å². The Labute approximate surface area is 193 Å². The first kappa shape index (κ1) is 22.8. The van der Waals surface area contributed by atoms with Crippen molar-refractivity contribution < 1.29 is 18.0 Å². The van der Waals surface area contributed by atoms with Gasteiger partial charge in [0.1, 0.15) is 0 Å². The lowest BCUT2D eigenvalue weighted by atomic mass is 10.0. The molecule has 1 N–H and O–H groups in total. The topological polar surface area (TPSA) is 32.3 Å². The molecule has 1 aliphatic heterocycles. The normalized spacial score (nSPS) is 15.6. The van der Waals surface area contributed by atoms with Gasteiger partial charge in [0, 0.05) is 35.6 Å². The van der Waals surface area contributed by atoms with Gasteiger partial charge in [-0.25, -0.2) is 0 Å². The molecule has 0 atom stereocenters. The van der Waals surface area contributed by atoms with E-state index >= 15 is 0 Å². The van der Waals surface area contributed by atoms with Crippen LogP contribution >= 0.6 is 22.9 Å². The van der Waals surface area contributed by atoms with Crippen molar-refractivity contribution in [3.8, 4) is 10.4 Å². The van der Waals surface area contributed by atoms with Crippen LogP contribution in [-0.4, -0.2) is 29.9 Å². The minimum absolute atomic E-state index is 0.0528. The van der Waals surface area contributed by atoms with E-state index in [2.05, 4.69) is 10.2 Å². The largest absolute Gasteiger partial charge is 0.416 e. The lowest BCUT2D eigenvalue weighted by Crippen LogP contribution is -2.44. The van der Waals surface area contributed by atoms with Crippen LogP contribution in [0, 0.1) is 0 Å².